The first-order valence-corrected chi connectivity index (χ1v) is 7.94. The molecule has 21 heavy (non-hydrogen) atoms. The number of hydrogen-bond donors (Lipinski definition) is 1. The van der Waals surface area contributed by atoms with Gasteiger partial charge in [-0.15, -0.1) is 0 Å². The van der Waals surface area contributed by atoms with E-state index in [1.807, 2.05) is 12.1 Å². The average molecular weight is 328 g/mol. The lowest BCUT2D eigenvalue weighted by molar-refractivity contribution is 0.409. The summed E-state index contributed by atoms with van der Waals surface area (Å²) in [4.78, 5) is 0.492. The molecule has 2 rings (SSSR count). The maximum absolute atomic E-state index is 13.1. The number of methoxy groups -OCH3 is 1. The van der Waals surface area contributed by atoms with E-state index < -0.39 is 16.6 Å². The summed E-state index contributed by atoms with van der Waals surface area (Å²) in [5, 5.41) is -0.0294. The molecule has 0 saturated heterocycles. The Morgan fingerprint density at radius 1 is 1.29 bits per heavy atom. The molecule has 1 atom stereocenters. The molecule has 3 nitrogen and oxygen atoms in total. The van der Waals surface area contributed by atoms with Gasteiger partial charge in [0, 0.05) is 17.0 Å². The zero-order chi connectivity index (χ0) is 15.4. The second kappa shape index (κ2) is 7.02. The van der Waals surface area contributed by atoms with Gasteiger partial charge in [-0.3, -0.25) is 4.21 Å². The molecule has 0 aliphatic carbocycles. The van der Waals surface area contributed by atoms with Crippen molar-refractivity contribution >= 4 is 22.4 Å². The summed E-state index contributed by atoms with van der Waals surface area (Å²) >= 11 is 5.71. The zero-order valence-electron chi connectivity index (χ0n) is 11.4. The third-order valence-electron chi connectivity index (χ3n) is 3.02. The fourth-order valence-electron chi connectivity index (χ4n) is 1.93. The van der Waals surface area contributed by atoms with Crippen molar-refractivity contribution in [2.24, 2.45) is 5.73 Å². The highest BCUT2D eigenvalue weighted by atomic mass is 35.5. The van der Waals surface area contributed by atoms with E-state index in [9.17, 15) is 8.60 Å². The number of ether oxygens (including phenoxy) is 1. The summed E-state index contributed by atoms with van der Waals surface area (Å²) in [5.41, 5.74) is 7.38. The van der Waals surface area contributed by atoms with Crippen LogP contribution >= 0.6 is 11.6 Å². The van der Waals surface area contributed by atoms with Gasteiger partial charge in [-0.05, 0) is 35.9 Å². The Morgan fingerprint density at radius 3 is 2.67 bits per heavy atom. The molecular weight excluding hydrogens is 313 g/mol. The van der Waals surface area contributed by atoms with Crippen LogP contribution in [0.15, 0.2) is 41.3 Å². The summed E-state index contributed by atoms with van der Waals surface area (Å²) in [6.07, 6.45) is 0. The van der Waals surface area contributed by atoms with E-state index in [1.165, 1.54) is 18.2 Å². The third kappa shape index (κ3) is 3.81. The van der Waals surface area contributed by atoms with Gasteiger partial charge >= 0.3 is 0 Å². The van der Waals surface area contributed by atoms with Gasteiger partial charge in [-0.1, -0.05) is 17.7 Å². The number of hydrogen-bond acceptors (Lipinski definition) is 3. The summed E-state index contributed by atoms with van der Waals surface area (Å²) in [5.74, 6) is 0.489. The second-order valence-corrected chi connectivity index (χ2v) is 6.27. The maximum Gasteiger partial charge on any atom is 0.141 e. The highest BCUT2D eigenvalue weighted by Crippen LogP contribution is 2.23. The summed E-state index contributed by atoms with van der Waals surface area (Å²) < 4.78 is 30.6. The van der Waals surface area contributed by atoms with Crippen molar-refractivity contribution in [2.75, 3.05) is 7.11 Å². The van der Waals surface area contributed by atoms with Crippen molar-refractivity contribution in [2.45, 2.75) is 17.2 Å². The van der Waals surface area contributed by atoms with E-state index in [0.29, 0.717) is 22.9 Å². The van der Waals surface area contributed by atoms with Crippen LogP contribution in [0.25, 0.3) is 0 Å². The van der Waals surface area contributed by atoms with Gasteiger partial charge in [0.25, 0.3) is 0 Å². The lowest BCUT2D eigenvalue weighted by atomic mass is 10.1. The quantitative estimate of drug-likeness (QED) is 0.917. The van der Waals surface area contributed by atoms with Gasteiger partial charge in [0.05, 0.1) is 28.7 Å². The van der Waals surface area contributed by atoms with Crippen molar-refractivity contribution in [1.82, 2.24) is 0 Å². The highest BCUT2D eigenvalue weighted by molar-refractivity contribution is 7.84. The normalized spacial score (nSPS) is 12.2. The molecule has 0 saturated carbocycles. The smallest absolute Gasteiger partial charge is 0.141 e. The predicted molar refractivity (Wildman–Crippen MR) is 82.4 cm³/mol. The number of nitrogens with two attached hydrogens (primary N) is 1. The van der Waals surface area contributed by atoms with Gasteiger partial charge in [0.1, 0.15) is 11.6 Å². The molecule has 1 unspecified atom stereocenters. The largest absolute Gasteiger partial charge is 0.496 e. The summed E-state index contributed by atoms with van der Waals surface area (Å²) in [7, 11) is 0.272. The third-order valence-corrected chi connectivity index (χ3v) is 4.68. The molecule has 112 valence electrons. The Morgan fingerprint density at radius 2 is 2.05 bits per heavy atom. The van der Waals surface area contributed by atoms with Gasteiger partial charge in [-0.2, -0.15) is 0 Å². The van der Waals surface area contributed by atoms with E-state index in [-0.39, 0.29) is 5.02 Å². The number of rotatable bonds is 5. The standard InChI is InChI=1S/C15H15ClFNO2S/c1-20-15-5-2-10(6-11(15)8-18)9-21(19)12-3-4-14(17)13(16)7-12/h2-7H,8-9,18H2,1H3. The Labute approximate surface area is 130 Å². The summed E-state index contributed by atoms with van der Waals surface area (Å²) in [6, 6.07) is 9.58. The molecule has 0 heterocycles. The predicted octanol–water partition coefficient (Wildman–Crippen LogP) is 3.25. The Hall–Kier alpha value is -1.43. The molecule has 0 aromatic heterocycles. The van der Waals surface area contributed by atoms with E-state index in [1.54, 1.807) is 13.2 Å². The van der Waals surface area contributed by atoms with Crippen molar-refractivity contribution in [3.63, 3.8) is 0 Å². The number of halogens is 2. The molecule has 0 radical (unpaired) electrons. The lowest BCUT2D eigenvalue weighted by Gasteiger charge is -2.09. The van der Waals surface area contributed by atoms with Crippen LogP contribution in [-0.2, 0) is 23.1 Å². The number of benzene rings is 2. The van der Waals surface area contributed by atoms with E-state index in [4.69, 9.17) is 22.1 Å². The van der Waals surface area contributed by atoms with Gasteiger partial charge in [0.2, 0.25) is 0 Å². The maximum atomic E-state index is 13.1. The van der Waals surface area contributed by atoms with Crippen molar-refractivity contribution in [3.8, 4) is 5.75 Å². The topological polar surface area (TPSA) is 52.3 Å². The van der Waals surface area contributed by atoms with Gasteiger partial charge in [0.15, 0.2) is 0 Å². The van der Waals surface area contributed by atoms with Crippen molar-refractivity contribution in [1.29, 1.82) is 0 Å². The molecule has 0 aliphatic rings. The average Bonchev–Trinajstić information content (AvgIpc) is 2.49. The van der Waals surface area contributed by atoms with E-state index in [0.717, 1.165) is 11.1 Å². The SMILES string of the molecule is COc1ccc(CS(=O)c2ccc(F)c(Cl)c2)cc1CN. The molecule has 0 aliphatic heterocycles. The first-order chi connectivity index (χ1) is 10.0. The van der Waals surface area contributed by atoms with Crippen LogP contribution in [0.4, 0.5) is 4.39 Å². The Balaban J connectivity index is 2.21. The zero-order valence-corrected chi connectivity index (χ0v) is 13.0. The molecule has 0 bridgehead atoms. The van der Waals surface area contributed by atoms with Crippen LogP contribution in [-0.4, -0.2) is 11.3 Å². The molecule has 0 amide bonds. The molecule has 2 aromatic carbocycles. The molecule has 0 spiro atoms. The fourth-order valence-corrected chi connectivity index (χ4v) is 3.30. The van der Waals surface area contributed by atoms with E-state index >= 15 is 0 Å². The molecule has 0 fully saturated rings. The van der Waals surface area contributed by atoms with Crippen molar-refractivity contribution < 1.29 is 13.3 Å². The van der Waals surface area contributed by atoms with Crippen LogP contribution in [0.3, 0.4) is 0 Å². The monoisotopic (exact) mass is 327 g/mol. The Kier molecular flexibility index (Phi) is 5.33. The van der Waals surface area contributed by atoms with Crippen LogP contribution < -0.4 is 10.5 Å². The molecule has 6 heteroatoms. The molecule has 2 aromatic rings. The minimum absolute atomic E-state index is 0.0294. The summed E-state index contributed by atoms with van der Waals surface area (Å²) in [6.45, 7) is 0.339. The highest BCUT2D eigenvalue weighted by Gasteiger charge is 2.10. The van der Waals surface area contributed by atoms with Crippen molar-refractivity contribution in [3.05, 3.63) is 58.4 Å². The first kappa shape index (κ1) is 15.9. The second-order valence-electron chi connectivity index (χ2n) is 4.42. The Bertz CT molecular complexity index is 679. The molecule has 2 N–H and O–H groups in total. The van der Waals surface area contributed by atoms with Crippen LogP contribution in [0.2, 0.25) is 5.02 Å². The minimum Gasteiger partial charge on any atom is -0.496 e. The van der Waals surface area contributed by atoms with Crippen LogP contribution in [0.5, 0.6) is 5.75 Å². The minimum atomic E-state index is -1.30. The van der Waals surface area contributed by atoms with Crippen LogP contribution in [0.1, 0.15) is 11.1 Å². The fraction of sp³-hybridized carbons (Fsp3) is 0.200. The van der Waals surface area contributed by atoms with Crippen LogP contribution in [0, 0.1) is 5.82 Å². The van der Waals surface area contributed by atoms with E-state index in [2.05, 4.69) is 0 Å². The van der Waals surface area contributed by atoms with Gasteiger partial charge in [-0.25, -0.2) is 4.39 Å². The lowest BCUT2D eigenvalue weighted by Crippen LogP contribution is -2.03. The molecular formula is C15H15ClFNO2S. The first-order valence-electron chi connectivity index (χ1n) is 6.24. The van der Waals surface area contributed by atoms with Gasteiger partial charge < -0.3 is 10.5 Å².